The molecular weight excluding hydrogens is 360 g/mol. The molecule has 1 aromatic carbocycles. The van der Waals surface area contributed by atoms with Crippen molar-refractivity contribution in [2.45, 2.75) is 13.8 Å². The molecule has 1 N–H and O–H groups in total. The molecule has 6 nitrogen and oxygen atoms in total. The minimum atomic E-state index is -0.256. The lowest BCUT2D eigenvalue weighted by Gasteiger charge is -2.11. The molecule has 118 valence electrons. The second-order valence-electron chi connectivity index (χ2n) is 5.17. The molecule has 0 fully saturated rings. The standard InChI is InChI=1S/C16H15BrN4O2/c1-10-4-3-5-14(11(10)2)23-8-15(22)19-13-6-12(17)7-21-9-18-20-16(13)21/h3-7,9H,8H2,1-2H3,(H,19,22). The number of hydrogen-bond donors (Lipinski definition) is 1. The molecule has 7 heteroatoms. The van der Waals surface area contributed by atoms with Crippen LogP contribution in [0.25, 0.3) is 5.65 Å². The summed E-state index contributed by atoms with van der Waals surface area (Å²) in [7, 11) is 0. The highest BCUT2D eigenvalue weighted by Gasteiger charge is 2.11. The zero-order valence-corrected chi connectivity index (χ0v) is 14.3. The van der Waals surface area contributed by atoms with Crippen molar-refractivity contribution in [2.24, 2.45) is 0 Å². The zero-order chi connectivity index (χ0) is 16.4. The van der Waals surface area contributed by atoms with Gasteiger partial charge >= 0.3 is 0 Å². The molecule has 0 unspecified atom stereocenters. The maximum atomic E-state index is 12.2. The number of pyridine rings is 1. The number of benzene rings is 1. The Labute approximate surface area is 141 Å². The molecule has 23 heavy (non-hydrogen) atoms. The van der Waals surface area contributed by atoms with Crippen LogP contribution in [0, 0.1) is 13.8 Å². The van der Waals surface area contributed by atoms with E-state index >= 15 is 0 Å². The first kappa shape index (κ1) is 15.5. The van der Waals surface area contributed by atoms with Gasteiger partial charge in [0, 0.05) is 10.7 Å². The fraction of sp³-hybridized carbons (Fsp3) is 0.188. The summed E-state index contributed by atoms with van der Waals surface area (Å²) in [5.41, 5.74) is 3.31. The molecule has 1 amide bonds. The third kappa shape index (κ3) is 3.34. The predicted octanol–water partition coefficient (Wildman–Crippen LogP) is 3.13. The highest BCUT2D eigenvalue weighted by molar-refractivity contribution is 9.10. The number of hydrogen-bond acceptors (Lipinski definition) is 4. The Hall–Kier alpha value is -2.41. The summed E-state index contributed by atoms with van der Waals surface area (Å²) in [6, 6.07) is 7.54. The summed E-state index contributed by atoms with van der Waals surface area (Å²) >= 11 is 3.39. The second-order valence-corrected chi connectivity index (χ2v) is 6.08. The van der Waals surface area contributed by atoms with Crippen LogP contribution in [0.5, 0.6) is 5.75 Å². The quantitative estimate of drug-likeness (QED) is 0.761. The van der Waals surface area contributed by atoms with Gasteiger partial charge in [-0.25, -0.2) is 0 Å². The van der Waals surface area contributed by atoms with Crippen LogP contribution in [0.2, 0.25) is 0 Å². The van der Waals surface area contributed by atoms with E-state index < -0.39 is 0 Å². The molecule has 0 saturated carbocycles. The third-order valence-corrected chi connectivity index (χ3v) is 3.98. The van der Waals surface area contributed by atoms with Crippen LogP contribution in [0.4, 0.5) is 5.69 Å². The van der Waals surface area contributed by atoms with Crippen molar-refractivity contribution in [3.63, 3.8) is 0 Å². The number of nitrogens with zero attached hydrogens (tertiary/aromatic N) is 3. The number of ether oxygens (including phenoxy) is 1. The van der Waals surface area contributed by atoms with Crippen molar-refractivity contribution in [3.8, 4) is 5.75 Å². The van der Waals surface area contributed by atoms with Gasteiger partial charge in [0.05, 0.1) is 5.69 Å². The van der Waals surface area contributed by atoms with E-state index in [0.29, 0.717) is 17.1 Å². The number of aryl methyl sites for hydroxylation is 1. The maximum Gasteiger partial charge on any atom is 0.262 e. The van der Waals surface area contributed by atoms with Gasteiger partial charge in [0.1, 0.15) is 12.1 Å². The van der Waals surface area contributed by atoms with E-state index in [1.165, 1.54) is 0 Å². The molecule has 0 radical (unpaired) electrons. The Morgan fingerprint density at radius 3 is 3.04 bits per heavy atom. The number of rotatable bonds is 4. The summed E-state index contributed by atoms with van der Waals surface area (Å²) in [5.74, 6) is 0.455. The molecule has 3 aromatic rings. The Bertz CT molecular complexity index is 876. The average Bonchev–Trinajstić information content (AvgIpc) is 2.97. The third-order valence-electron chi connectivity index (χ3n) is 3.55. The lowest BCUT2D eigenvalue weighted by Crippen LogP contribution is -2.21. The number of fused-ring (bicyclic) bond motifs is 1. The Balaban J connectivity index is 1.72. The zero-order valence-electron chi connectivity index (χ0n) is 12.7. The van der Waals surface area contributed by atoms with Crippen LogP contribution >= 0.6 is 15.9 Å². The molecule has 2 aromatic heterocycles. The Kier molecular flexibility index (Phi) is 4.29. The smallest absolute Gasteiger partial charge is 0.262 e. The first-order chi connectivity index (χ1) is 11.0. The molecule has 0 aliphatic rings. The van der Waals surface area contributed by atoms with Crippen LogP contribution in [-0.4, -0.2) is 27.1 Å². The van der Waals surface area contributed by atoms with Gasteiger partial charge in [-0.15, -0.1) is 10.2 Å². The van der Waals surface area contributed by atoms with Crippen LogP contribution in [0.1, 0.15) is 11.1 Å². The minimum absolute atomic E-state index is 0.0723. The van der Waals surface area contributed by atoms with E-state index in [1.54, 1.807) is 16.8 Å². The van der Waals surface area contributed by atoms with E-state index in [2.05, 4.69) is 31.4 Å². The van der Waals surface area contributed by atoms with Gasteiger partial charge in [-0.3, -0.25) is 9.20 Å². The van der Waals surface area contributed by atoms with Crippen molar-refractivity contribution < 1.29 is 9.53 Å². The number of aromatic nitrogens is 3. The van der Waals surface area contributed by atoms with Crippen LogP contribution in [0.15, 0.2) is 41.3 Å². The molecule has 0 saturated heterocycles. The molecule has 0 spiro atoms. The SMILES string of the molecule is Cc1cccc(OCC(=O)Nc2cc(Br)cn3cnnc23)c1C. The van der Waals surface area contributed by atoms with E-state index in [1.807, 2.05) is 38.2 Å². The van der Waals surface area contributed by atoms with Crippen LogP contribution in [0.3, 0.4) is 0 Å². The number of carbonyl (C=O) groups is 1. The topological polar surface area (TPSA) is 68.5 Å². The van der Waals surface area contributed by atoms with E-state index in [4.69, 9.17) is 4.74 Å². The van der Waals surface area contributed by atoms with Crippen LogP contribution in [-0.2, 0) is 4.79 Å². The predicted molar refractivity (Wildman–Crippen MR) is 90.7 cm³/mol. The molecule has 0 aliphatic heterocycles. The van der Waals surface area contributed by atoms with E-state index in [9.17, 15) is 4.79 Å². The van der Waals surface area contributed by atoms with Crippen LogP contribution < -0.4 is 10.1 Å². The van der Waals surface area contributed by atoms with Gasteiger partial charge < -0.3 is 10.1 Å². The number of nitrogens with one attached hydrogen (secondary N) is 1. The van der Waals surface area contributed by atoms with Crippen molar-refractivity contribution >= 4 is 33.2 Å². The van der Waals surface area contributed by atoms with Crippen molar-refractivity contribution in [3.05, 3.63) is 52.4 Å². The molecule has 3 rings (SSSR count). The van der Waals surface area contributed by atoms with E-state index in [-0.39, 0.29) is 12.5 Å². The molecule has 0 bridgehead atoms. The Morgan fingerprint density at radius 1 is 1.39 bits per heavy atom. The Morgan fingerprint density at radius 2 is 2.22 bits per heavy atom. The largest absolute Gasteiger partial charge is 0.483 e. The highest BCUT2D eigenvalue weighted by Crippen LogP contribution is 2.22. The number of halogens is 1. The van der Waals surface area contributed by atoms with Crippen molar-refractivity contribution in [1.29, 1.82) is 0 Å². The van der Waals surface area contributed by atoms with E-state index in [0.717, 1.165) is 15.6 Å². The monoisotopic (exact) mass is 374 g/mol. The molecular formula is C16H15BrN4O2. The molecule has 0 aliphatic carbocycles. The number of amides is 1. The lowest BCUT2D eigenvalue weighted by molar-refractivity contribution is -0.118. The van der Waals surface area contributed by atoms with Gasteiger partial charge in [0.15, 0.2) is 12.3 Å². The molecule has 2 heterocycles. The maximum absolute atomic E-state index is 12.2. The number of carbonyl (C=O) groups excluding carboxylic acids is 1. The summed E-state index contributed by atoms with van der Waals surface area (Å²) < 4.78 is 8.15. The lowest BCUT2D eigenvalue weighted by atomic mass is 10.1. The van der Waals surface area contributed by atoms with Gasteiger partial charge in [-0.05, 0) is 53.0 Å². The normalized spacial score (nSPS) is 10.7. The first-order valence-corrected chi connectivity index (χ1v) is 7.81. The number of anilines is 1. The average molecular weight is 375 g/mol. The second kappa shape index (κ2) is 6.37. The van der Waals surface area contributed by atoms with Gasteiger partial charge in [0.2, 0.25) is 0 Å². The van der Waals surface area contributed by atoms with Gasteiger partial charge in [-0.1, -0.05) is 12.1 Å². The van der Waals surface area contributed by atoms with Gasteiger partial charge in [-0.2, -0.15) is 0 Å². The fourth-order valence-corrected chi connectivity index (χ4v) is 2.65. The summed E-state index contributed by atoms with van der Waals surface area (Å²) in [6.45, 7) is 3.90. The highest BCUT2D eigenvalue weighted by atomic mass is 79.9. The summed E-state index contributed by atoms with van der Waals surface area (Å²) in [5, 5.41) is 10.6. The van der Waals surface area contributed by atoms with Crippen molar-refractivity contribution in [2.75, 3.05) is 11.9 Å². The summed E-state index contributed by atoms with van der Waals surface area (Å²) in [4.78, 5) is 12.2. The van der Waals surface area contributed by atoms with Gasteiger partial charge in [0.25, 0.3) is 5.91 Å². The minimum Gasteiger partial charge on any atom is -0.483 e. The van der Waals surface area contributed by atoms with Crippen molar-refractivity contribution in [1.82, 2.24) is 14.6 Å². The molecule has 0 atom stereocenters. The fourth-order valence-electron chi connectivity index (χ4n) is 2.20. The summed E-state index contributed by atoms with van der Waals surface area (Å²) in [6.07, 6.45) is 3.39. The first-order valence-electron chi connectivity index (χ1n) is 7.02.